The van der Waals surface area contributed by atoms with Crippen molar-refractivity contribution in [3.05, 3.63) is 24.3 Å². The molecule has 26 heavy (non-hydrogen) atoms. The van der Waals surface area contributed by atoms with Gasteiger partial charge in [-0.05, 0) is 30.7 Å². The van der Waals surface area contributed by atoms with Gasteiger partial charge in [-0.2, -0.15) is 0 Å². The van der Waals surface area contributed by atoms with Crippen molar-refractivity contribution in [1.82, 2.24) is 15.1 Å². The number of carbonyl (C=O) groups is 1. The van der Waals surface area contributed by atoms with E-state index >= 15 is 0 Å². The largest absolute Gasteiger partial charge is 0.508 e. The van der Waals surface area contributed by atoms with Gasteiger partial charge in [0.15, 0.2) is 8.68 Å². The summed E-state index contributed by atoms with van der Waals surface area (Å²) >= 11 is 4.76. The van der Waals surface area contributed by atoms with Crippen molar-refractivity contribution in [2.24, 2.45) is 0 Å². The van der Waals surface area contributed by atoms with E-state index in [1.54, 1.807) is 35.2 Å². The van der Waals surface area contributed by atoms with Gasteiger partial charge in [-0.1, -0.05) is 41.8 Å². The molecule has 1 saturated heterocycles. The number of aromatic nitrogens is 2. The van der Waals surface area contributed by atoms with E-state index in [2.05, 4.69) is 22.0 Å². The average Bonchev–Trinajstić information content (AvgIpc) is 3.13. The summed E-state index contributed by atoms with van der Waals surface area (Å²) in [6.07, 6.45) is 1.11. The van der Waals surface area contributed by atoms with Crippen LogP contribution in [0.4, 0.5) is 5.69 Å². The number of rotatable bonds is 7. The summed E-state index contributed by atoms with van der Waals surface area (Å²) in [5, 5.41) is 17.7. The molecule has 1 aromatic carbocycles. The number of benzene rings is 1. The van der Waals surface area contributed by atoms with Crippen molar-refractivity contribution in [2.45, 2.75) is 22.0 Å². The molecule has 2 heterocycles. The summed E-state index contributed by atoms with van der Waals surface area (Å²) < 4.78 is 1.84. The summed E-state index contributed by atoms with van der Waals surface area (Å²) in [5.74, 6) is 1.88. The summed E-state index contributed by atoms with van der Waals surface area (Å²) in [6.45, 7) is 5.18. The van der Waals surface area contributed by atoms with Gasteiger partial charge in [-0.25, -0.2) is 0 Å². The van der Waals surface area contributed by atoms with E-state index < -0.39 is 0 Å². The molecule has 140 valence electrons. The Kier molecular flexibility index (Phi) is 7.04. The summed E-state index contributed by atoms with van der Waals surface area (Å²) in [6, 6.07) is 7.20. The third kappa shape index (κ3) is 5.28. The molecule has 0 unspecified atom stereocenters. The Balaban J connectivity index is 1.43. The zero-order valence-corrected chi connectivity index (χ0v) is 17.1. The van der Waals surface area contributed by atoms with Gasteiger partial charge in [0.05, 0.1) is 5.75 Å². The first-order valence-corrected chi connectivity index (χ1v) is 11.4. The van der Waals surface area contributed by atoms with Gasteiger partial charge < -0.3 is 14.9 Å². The van der Waals surface area contributed by atoms with Gasteiger partial charge in [0.2, 0.25) is 5.91 Å². The number of phenols is 1. The van der Waals surface area contributed by atoms with Crippen LogP contribution in [0, 0.1) is 0 Å². The Labute approximate surface area is 166 Å². The topological polar surface area (TPSA) is 69.6 Å². The lowest BCUT2D eigenvalue weighted by atomic mass is 10.2. The number of aromatic hydroxyl groups is 1. The molecule has 1 fully saturated rings. The van der Waals surface area contributed by atoms with Crippen LogP contribution in [0.25, 0.3) is 0 Å². The van der Waals surface area contributed by atoms with Crippen LogP contribution in [0.1, 0.15) is 13.3 Å². The second kappa shape index (κ2) is 9.48. The minimum Gasteiger partial charge on any atom is -0.508 e. The standard InChI is InChI=1S/C17H22N4O2S3/c1-2-11-24-16-18-19-17(26-16)25-12-15(23)21-9-7-20(8-10-21)13-3-5-14(22)6-4-13/h3-6,22H,2,7-12H2,1H3. The van der Waals surface area contributed by atoms with E-state index in [-0.39, 0.29) is 11.7 Å². The van der Waals surface area contributed by atoms with Crippen LogP contribution in [0.3, 0.4) is 0 Å². The van der Waals surface area contributed by atoms with Crippen LogP contribution < -0.4 is 4.90 Å². The summed E-state index contributed by atoms with van der Waals surface area (Å²) in [5.41, 5.74) is 1.08. The van der Waals surface area contributed by atoms with Gasteiger partial charge in [0, 0.05) is 37.6 Å². The molecule has 0 saturated carbocycles. The zero-order chi connectivity index (χ0) is 18.4. The number of carbonyl (C=O) groups excluding carboxylic acids is 1. The minimum atomic E-state index is 0.151. The molecule has 1 aromatic heterocycles. The van der Waals surface area contributed by atoms with Crippen molar-refractivity contribution < 1.29 is 9.90 Å². The van der Waals surface area contributed by atoms with Gasteiger partial charge in [0.25, 0.3) is 0 Å². The molecule has 0 spiro atoms. The molecule has 0 radical (unpaired) electrons. The lowest BCUT2D eigenvalue weighted by Gasteiger charge is -2.36. The molecule has 1 amide bonds. The Morgan fingerprint density at radius 3 is 2.42 bits per heavy atom. The molecule has 3 rings (SSSR count). The molecule has 1 aliphatic rings. The maximum absolute atomic E-state index is 12.4. The first kappa shape index (κ1) is 19.3. The van der Waals surface area contributed by atoms with Gasteiger partial charge >= 0.3 is 0 Å². The molecule has 2 aromatic rings. The molecule has 0 aliphatic carbocycles. The molecule has 1 N–H and O–H groups in total. The number of hydrogen-bond acceptors (Lipinski definition) is 8. The third-order valence-corrected chi connectivity index (χ3v) is 7.36. The average molecular weight is 411 g/mol. The lowest BCUT2D eigenvalue weighted by molar-refractivity contribution is -0.128. The van der Waals surface area contributed by atoms with E-state index in [1.807, 2.05) is 17.0 Å². The van der Waals surface area contributed by atoms with E-state index in [0.717, 1.165) is 39.6 Å². The molecule has 9 heteroatoms. The van der Waals surface area contributed by atoms with Crippen LogP contribution in [-0.4, -0.2) is 63.8 Å². The summed E-state index contributed by atoms with van der Waals surface area (Å²) in [4.78, 5) is 16.6. The van der Waals surface area contributed by atoms with Crippen LogP contribution in [0.15, 0.2) is 32.9 Å². The van der Waals surface area contributed by atoms with E-state index in [0.29, 0.717) is 18.8 Å². The van der Waals surface area contributed by atoms with Crippen LogP contribution in [0.5, 0.6) is 5.75 Å². The van der Waals surface area contributed by atoms with Crippen molar-refractivity contribution in [1.29, 1.82) is 0 Å². The SMILES string of the molecule is CCCSc1nnc(SCC(=O)N2CCN(c3ccc(O)cc3)CC2)s1. The maximum atomic E-state index is 12.4. The minimum absolute atomic E-state index is 0.151. The number of phenolic OH excluding ortho intramolecular Hbond substituents is 1. The predicted octanol–water partition coefficient (Wildman–Crippen LogP) is 3.19. The van der Waals surface area contributed by atoms with Crippen molar-refractivity contribution in [3.63, 3.8) is 0 Å². The highest BCUT2D eigenvalue weighted by Gasteiger charge is 2.21. The predicted molar refractivity (Wildman–Crippen MR) is 109 cm³/mol. The number of piperazine rings is 1. The maximum Gasteiger partial charge on any atom is 0.233 e. The molecule has 6 nitrogen and oxygen atoms in total. The molecule has 1 aliphatic heterocycles. The highest BCUT2D eigenvalue weighted by Crippen LogP contribution is 2.29. The van der Waals surface area contributed by atoms with E-state index in [4.69, 9.17) is 0 Å². The monoisotopic (exact) mass is 410 g/mol. The second-order valence-electron chi connectivity index (χ2n) is 5.86. The molecular weight excluding hydrogens is 388 g/mol. The normalized spacial score (nSPS) is 14.7. The van der Waals surface area contributed by atoms with E-state index in [1.165, 1.54) is 11.8 Å². The van der Waals surface area contributed by atoms with Crippen molar-refractivity contribution in [2.75, 3.05) is 42.6 Å². The van der Waals surface area contributed by atoms with Gasteiger partial charge in [-0.15, -0.1) is 10.2 Å². The third-order valence-electron chi connectivity index (χ3n) is 3.98. The number of hydrogen-bond donors (Lipinski definition) is 1. The highest BCUT2D eigenvalue weighted by molar-refractivity contribution is 8.03. The fourth-order valence-electron chi connectivity index (χ4n) is 2.60. The van der Waals surface area contributed by atoms with Crippen molar-refractivity contribution >= 4 is 46.5 Å². The van der Waals surface area contributed by atoms with Gasteiger partial charge in [-0.3, -0.25) is 4.79 Å². The Hall–Kier alpha value is -1.45. The van der Waals surface area contributed by atoms with Crippen LogP contribution in [0.2, 0.25) is 0 Å². The number of anilines is 1. The Bertz CT molecular complexity index is 715. The highest BCUT2D eigenvalue weighted by atomic mass is 32.2. The number of nitrogens with zero attached hydrogens (tertiary/aromatic N) is 4. The number of amides is 1. The fourth-order valence-corrected chi connectivity index (χ4v) is 5.44. The van der Waals surface area contributed by atoms with E-state index in [9.17, 15) is 9.90 Å². The van der Waals surface area contributed by atoms with Gasteiger partial charge in [0.1, 0.15) is 5.75 Å². The second-order valence-corrected chi connectivity index (χ2v) is 9.40. The fraction of sp³-hybridized carbons (Fsp3) is 0.471. The van der Waals surface area contributed by atoms with Crippen molar-refractivity contribution in [3.8, 4) is 5.75 Å². The molecular formula is C17H22N4O2S3. The first-order chi connectivity index (χ1) is 12.7. The molecule has 0 atom stereocenters. The number of thioether (sulfide) groups is 2. The first-order valence-electron chi connectivity index (χ1n) is 8.56. The van der Waals surface area contributed by atoms with Crippen LogP contribution >= 0.6 is 34.9 Å². The lowest BCUT2D eigenvalue weighted by Crippen LogP contribution is -2.49. The summed E-state index contributed by atoms with van der Waals surface area (Å²) in [7, 11) is 0. The smallest absolute Gasteiger partial charge is 0.233 e. The zero-order valence-electron chi connectivity index (χ0n) is 14.6. The Morgan fingerprint density at radius 2 is 1.77 bits per heavy atom. The quantitative estimate of drug-likeness (QED) is 0.703. The Morgan fingerprint density at radius 1 is 1.12 bits per heavy atom. The molecule has 0 bridgehead atoms. The van der Waals surface area contributed by atoms with Crippen LogP contribution in [-0.2, 0) is 4.79 Å².